The van der Waals surface area contributed by atoms with Crippen LogP contribution >= 0.6 is 0 Å². The molecule has 0 fully saturated rings. The quantitative estimate of drug-likeness (QED) is 0.450. The highest BCUT2D eigenvalue weighted by molar-refractivity contribution is 5.70. The summed E-state index contributed by atoms with van der Waals surface area (Å²) >= 11 is 0. The number of aliphatic hydroxyl groups is 3. The van der Waals surface area contributed by atoms with Crippen LogP contribution in [0.4, 0.5) is 0 Å². The first-order valence-corrected chi connectivity index (χ1v) is 4.85. The van der Waals surface area contributed by atoms with Crippen LogP contribution in [-0.4, -0.2) is 34.0 Å². The Kier molecular flexibility index (Phi) is 2.90. The lowest BCUT2D eigenvalue weighted by Gasteiger charge is -2.04. The molecule has 2 heterocycles. The van der Waals surface area contributed by atoms with E-state index in [-0.39, 0.29) is 11.2 Å². The maximum atomic E-state index is 11.7. The Morgan fingerprint density at radius 3 is 1.94 bits per heavy atom. The normalized spacial score (nSPS) is 11.3. The predicted molar refractivity (Wildman–Crippen MR) is 57.7 cm³/mol. The number of nitrogens with zero attached hydrogens (tertiary/aromatic N) is 3. The SMILES string of the molecule is O=c1[nH]c(=O)n(CO)c2c1n(CO)c(=O)n2CO. The Labute approximate surface area is 97.6 Å². The standard InChI is InChI=1S/C8H10N4O6/c13-1-10-4-5(16)9-7(17)11(2-14)6(4)12(3-15)8(10)18/h13-15H,1-3H2,(H,9,16,17). The first kappa shape index (κ1) is 12.3. The lowest BCUT2D eigenvalue weighted by Crippen LogP contribution is -2.31. The van der Waals surface area contributed by atoms with E-state index in [0.717, 1.165) is 0 Å². The van der Waals surface area contributed by atoms with Crippen molar-refractivity contribution >= 4 is 11.2 Å². The smallest absolute Gasteiger partial charge is 0.334 e. The molecule has 0 spiro atoms. The predicted octanol–water partition coefficient (Wildman–Crippen LogP) is -3.50. The van der Waals surface area contributed by atoms with Gasteiger partial charge >= 0.3 is 11.4 Å². The van der Waals surface area contributed by atoms with Crippen LogP contribution < -0.4 is 16.9 Å². The zero-order valence-corrected chi connectivity index (χ0v) is 9.03. The molecule has 0 amide bonds. The number of rotatable bonds is 3. The molecule has 0 aliphatic rings. The van der Waals surface area contributed by atoms with E-state index >= 15 is 0 Å². The van der Waals surface area contributed by atoms with Gasteiger partial charge in [0.2, 0.25) is 0 Å². The van der Waals surface area contributed by atoms with E-state index in [2.05, 4.69) is 0 Å². The number of H-pyrrole nitrogens is 1. The van der Waals surface area contributed by atoms with E-state index in [4.69, 9.17) is 15.3 Å². The number of aromatic nitrogens is 4. The molecule has 0 atom stereocenters. The Balaban J connectivity index is 3.19. The van der Waals surface area contributed by atoms with Gasteiger partial charge in [0.1, 0.15) is 20.2 Å². The van der Waals surface area contributed by atoms with Crippen molar-refractivity contribution in [3.05, 3.63) is 31.3 Å². The van der Waals surface area contributed by atoms with Crippen molar-refractivity contribution in [3.63, 3.8) is 0 Å². The first-order chi connectivity index (χ1) is 8.56. The van der Waals surface area contributed by atoms with Gasteiger partial charge in [0.15, 0.2) is 11.2 Å². The second-order valence-corrected chi connectivity index (χ2v) is 3.42. The topological polar surface area (TPSA) is 142 Å². The van der Waals surface area contributed by atoms with Gasteiger partial charge in [-0.2, -0.15) is 0 Å². The van der Waals surface area contributed by atoms with Crippen LogP contribution in [0.25, 0.3) is 11.2 Å². The summed E-state index contributed by atoms with van der Waals surface area (Å²) in [4.78, 5) is 36.7. The van der Waals surface area contributed by atoms with Crippen molar-refractivity contribution in [1.29, 1.82) is 0 Å². The molecule has 0 aromatic carbocycles. The molecule has 10 heteroatoms. The number of hydrogen-bond acceptors (Lipinski definition) is 6. The van der Waals surface area contributed by atoms with Crippen LogP contribution in [0.2, 0.25) is 0 Å². The highest BCUT2D eigenvalue weighted by Crippen LogP contribution is 2.05. The van der Waals surface area contributed by atoms with Gasteiger partial charge < -0.3 is 15.3 Å². The molecular formula is C8H10N4O6. The number of aromatic amines is 1. The van der Waals surface area contributed by atoms with Gasteiger partial charge in [-0.25, -0.2) is 9.59 Å². The number of aliphatic hydroxyl groups excluding tert-OH is 3. The maximum Gasteiger partial charge on any atom is 0.334 e. The van der Waals surface area contributed by atoms with Crippen molar-refractivity contribution in [1.82, 2.24) is 18.7 Å². The fourth-order valence-corrected chi connectivity index (χ4v) is 1.79. The Bertz CT molecular complexity index is 763. The van der Waals surface area contributed by atoms with E-state index < -0.39 is 37.1 Å². The van der Waals surface area contributed by atoms with Gasteiger partial charge in [-0.3, -0.25) is 23.5 Å². The minimum Gasteiger partial charge on any atom is -0.376 e. The van der Waals surface area contributed by atoms with E-state index in [1.807, 2.05) is 4.98 Å². The van der Waals surface area contributed by atoms with Gasteiger partial charge in [-0.15, -0.1) is 0 Å². The molecule has 0 aliphatic carbocycles. The van der Waals surface area contributed by atoms with Gasteiger partial charge in [0.25, 0.3) is 5.56 Å². The monoisotopic (exact) mass is 258 g/mol. The summed E-state index contributed by atoms with van der Waals surface area (Å²) in [5.41, 5.74) is -3.24. The van der Waals surface area contributed by atoms with Crippen LogP contribution in [0.1, 0.15) is 0 Å². The zero-order valence-electron chi connectivity index (χ0n) is 9.03. The van der Waals surface area contributed by atoms with Crippen LogP contribution in [0.5, 0.6) is 0 Å². The molecule has 2 rings (SSSR count). The fourth-order valence-electron chi connectivity index (χ4n) is 1.79. The Morgan fingerprint density at radius 1 is 0.889 bits per heavy atom. The third-order valence-electron chi connectivity index (χ3n) is 2.56. The highest BCUT2D eigenvalue weighted by Gasteiger charge is 2.19. The minimum atomic E-state index is -0.924. The second-order valence-electron chi connectivity index (χ2n) is 3.42. The largest absolute Gasteiger partial charge is 0.376 e. The fraction of sp³-hybridized carbons (Fsp3) is 0.375. The minimum absolute atomic E-state index is 0.257. The summed E-state index contributed by atoms with van der Waals surface area (Å²) in [7, 11) is 0. The molecule has 2 aromatic rings. The number of fused-ring (bicyclic) bond motifs is 1. The van der Waals surface area contributed by atoms with Crippen molar-refractivity contribution in [2.45, 2.75) is 20.2 Å². The Hall–Kier alpha value is -2.17. The summed E-state index contributed by atoms with van der Waals surface area (Å²) in [6.07, 6.45) is 0. The molecule has 0 saturated carbocycles. The van der Waals surface area contributed by atoms with Crippen LogP contribution in [0.3, 0.4) is 0 Å². The van der Waals surface area contributed by atoms with Gasteiger partial charge in [0, 0.05) is 0 Å². The van der Waals surface area contributed by atoms with Crippen LogP contribution in [0, 0.1) is 0 Å². The molecule has 10 nitrogen and oxygen atoms in total. The summed E-state index contributed by atoms with van der Waals surface area (Å²) in [5, 5.41) is 27.2. The van der Waals surface area contributed by atoms with E-state index in [1.165, 1.54) is 0 Å². The molecule has 0 unspecified atom stereocenters. The molecule has 18 heavy (non-hydrogen) atoms. The summed E-state index contributed by atoms with van der Waals surface area (Å²) in [6.45, 7) is -2.39. The van der Waals surface area contributed by atoms with Gasteiger partial charge in [0.05, 0.1) is 0 Å². The maximum absolute atomic E-state index is 11.7. The molecular weight excluding hydrogens is 248 g/mol. The van der Waals surface area contributed by atoms with Crippen molar-refractivity contribution < 1.29 is 15.3 Å². The second kappa shape index (κ2) is 4.25. The van der Waals surface area contributed by atoms with E-state index in [9.17, 15) is 14.4 Å². The van der Waals surface area contributed by atoms with Gasteiger partial charge in [-0.1, -0.05) is 0 Å². The molecule has 0 radical (unpaired) electrons. The summed E-state index contributed by atoms with van der Waals surface area (Å²) in [5.74, 6) is 0. The number of nitrogens with one attached hydrogen (secondary N) is 1. The van der Waals surface area contributed by atoms with Crippen LogP contribution in [0.15, 0.2) is 14.4 Å². The lowest BCUT2D eigenvalue weighted by molar-refractivity contribution is 0.186. The molecule has 0 bridgehead atoms. The third kappa shape index (κ3) is 1.44. The zero-order chi connectivity index (χ0) is 13.4. The number of imidazole rings is 1. The van der Waals surface area contributed by atoms with Crippen molar-refractivity contribution in [2.24, 2.45) is 0 Å². The highest BCUT2D eigenvalue weighted by atomic mass is 16.3. The average molecular weight is 258 g/mol. The summed E-state index contributed by atoms with van der Waals surface area (Å²) in [6, 6.07) is 0. The molecule has 2 aromatic heterocycles. The molecule has 0 saturated heterocycles. The first-order valence-electron chi connectivity index (χ1n) is 4.85. The molecule has 0 aliphatic heterocycles. The van der Waals surface area contributed by atoms with Crippen molar-refractivity contribution in [3.8, 4) is 0 Å². The molecule has 4 N–H and O–H groups in total. The molecule has 98 valence electrons. The van der Waals surface area contributed by atoms with E-state index in [0.29, 0.717) is 13.7 Å². The average Bonchev–Trinajstić information content (AvgIpc) is 2.62. The Morgan fingerprint density at radius 2 is 1.44 bits per heavy atom. The lowest BCUT2D eigenvalue weighted by atomic mass is 10.5. The third-order valence-corrected chi connectivity index (χ3v) is 2.56. The summed E-state index contributed by atoms with van der Waals surface area (Å²) < 4.78 is 2.06. The van der Waals surface area contributed by atoms with Crippen LogP contribution in [-0.2, 0) is 20.2 Å². The number of hydrogen-bond donors (Lipinski definition) is 4. The van der Waals surface area contributed by atoms with E-state index in [1.54, 1.807) is 0 Å². The van der Waals surface area contributed by atoms with Crippen molar-refractivity contribution in [2.75, 3.05) is 0 Å². The van der Waals surface area contributed by atoms with Gasteiger partial charge in [-0.05, 0) is 0 Å².